The molecule has 1 amide bonds. The zero-order valence-electron chi connectivity index (χ0n) is 9.99. The summed E-state index contributed by atoms with van der Waals surface area (Å²) in [5.74, 6) is -0.292. The van der Waals surface area contributed by atoms with Gasteiger partial charge in [-0.05, 0) is 17.5 Å². The first-order valence-electron chi connectivity index (χ1n) is 5.46. The number of hydrogen-bond acceptors (Lipinski definition) is 6. The van der Waals surface area contributed by atoms with Crippen LogP contribution in [0.4, 0.5) is 0 Å². The Bertz CT molecular complexity index is 475. The minimum atomic E-state index is -0.961. The molecule has 98 valence electrons. The molecular formula is C10H13N3O3S2. The van der Waals surface area contributed by atoms with Crippen molar-refractivity contribution in [2.75, 3.05) is 11.6 Å². The van der Waals surface area contributed by atoms with Gasteiger partial charge in [-0.25, -0.2) is 4.79 Å². The van der Waals surface area contributed by atoms with Gasteiger partial charge in [0.05, 0.1) is 11.6 Å². The van der Waals surface area contributed by atoms with E-state index in [9.17, 15) is 9.59 Å². The number of aliphatic carboxylic acids is 1. The summed E-state index contributed by atoms with van der Waals surface area (Å²) in [6.45, 7) is 3.86. The van der Waals surface area contributed by atoms with E-state index in [4.69, 9.17) is 5.11 Å². The van der Waals surface area contributed by atoms with Crippen LogP contribution in [0.3, 0.4) is 0 Å². The number of rotatable bonds is 3. The fourth-order valence-electron chi connectivity index (χ4n) is 1.70. The summed E-state index contributed by atoms with van der Waals surface area (Å²) in [4.78, 5) is 25.2. The Morgan fingerprint density at radius 2 is 2.22 bits per heavy atom. The Morgan fingerprint density at radius 1 is 1.50 bits per heavy atom. The second-order valence-electron chi connectivity index (χ2n) is 4.27. The fourth-order valence-corrected chi connectivity index (χ4v) is 3.62. The molecule has 0 radical (unpaired) electrons. The van der Waals surface area contributed by atoms with Gasteiger partial charge in [0.1, 0.15) is 10.9 Å². The Hall–Kier alpha value is -1.15. The lowest BCUT2D eigenvalue weighted by atomic mass is 10.1. The van der Waals surface area contributed by atoms with E-state index in [1.54, 1.807) is 0 Å². The van der Waals surface area contributed by atoms with Gasteiger partial charge in [-0.2, -0.15) is 0 Å². The van der Waals surface area contributed by atoms with Crippen LogP contribution in [-0.2, 0) is 4.79 Å². The molecule has 1 fully saturated rings. The second kappa shape index (κ2) is 5.23. The van der Waals surface area contributed by atoms with Gasteiger partial charge >= 0.3 is 5.97 Å². The van der Waals surface area contributed by atoms with Crippen LogP contribution in [0.1, 0.15) is 35.1 Å². The zero-order valence-corrected chi connectivity index (χ0v) is 11.6. The Balaban J connectivity index is 2.25. The van der Waals surface area contributed by atoms with Gasteiger partial charge in [-0.3, -0.25) is 4.79 Å². The molecule has 2 heterocycles. The lowest BCUT2D eigenvalue weighted by Crippen LogP contribution is -2.41. The summed E-state index contributed by atoms with van der Waals surface area (Å²) in [6, 6.07) is -0.746. The van der Waals surface area contributed by atoms with Crippen molar-refractivity contribution in [1.29, 1.82) is 0 Å². The minimum absolute atomic E-state index is 0.0984. The van der Waals surface area contributed by atoms with E-state index in [-0.39, 0.29) is 11.8 Å². The van der Waals surface area contributed by atoms with Crippen molar-refractivity contribution < 1.29 is 14.7 Å². The molecule has 18 heavy (non-hydrogen) atoms. The highest BCUT2D eigenvalue weighted by Gasteiger charge is 2.37. The van der Waals surface area contributed by atoms with Gasteiger partial charge in [-0.15, -0.1) is 16.9 Å². The highest BCUT2D eigenvalue weighted by Crippen LogP contribution is 2.27. The van der Waals surface area contributed by atoms with Crippen molar-refractivity contribution in [1.82, 2.24) is 14.5 Å². The van der Waals surface area contributed by atoms with Gasteiger partial charge in [0.2, 0.25) is 0 Å². The summed E-state index contributed by atoms with van der Waals surface area (Å²) < 4.78 is 3.80. The molecule has 1 atom stereocenters. The van der Waals surface area contributed by atoms with Crippen LogP contribution in [0, 0.1) is 0 Å². The van der Waals surface area contributed by atoms with Crippen LogP contribution < -0.4 is 0 Å². The van der Waals surface area contributed by atoms with E-state index < -0.39 is 12.0 Å². The summed E-state index contributed by atoms with van der Waals surface area (Å²) in [6.07, 6.45) is 0. The number of carboxylic acids is 1. The first-order valence-corrected chi connectivity index (χ1v) is 7.39. The maximum Gasteiger partial charge on any atom is 0.327 e. The zero-order chi connectivity index (χ0) is 13.3. The molecule has 8 heteroatoms. The van der Waals surface area contributed by atoms with E-state index >= 15 is 0 Å². The van der Waals surface area contributed by atoms with E-state index in [1.807, 2.05) is 13.8 Å². The third-order valence-electron chi connectivity index (χ3n) is 2.68. The van der Waals surface area contributed by atoms with E-state index in [0.29, 0.717) is 22.2 Å². The number of hydrogen-bond donors (Lipinski definition) is 1. The third-order valence-corrected chi connectivity index (χ3v) is 4.42. The molecule has 0 bridgehead atoms. The first kappa shape index (κ1) is 13.3. The highest BCUT2D eigenvalue weighted by atomic mass is 32.2. The number of amides is 1. The number of carboxylic acid groups (broad SMARTS) is 1. The molecule has 1 aliphatic rings. The Kier molecular flexibility index (Phi) is 3.86. The second-order valence-corrected chi connectivity index (χ2v) is 6.02. The first-order chi connectivity index (χ1) is 8.52. The van der Waals surface area contributed by atoms with Gasteiger partial charge < -0.3 is 10.0 Å². The normalized spacial score (nSPS) is 19.5. The smallest absolute Gasteiger partial charge is 0.327 e. The van der Waals surface area contributed by atoms with Crippen molar-refractivity contribution in [3.05, 3.63) is 10.6 Å². The van der Waals surface area contributed by atoms with Crippen LogP contribution in [-0.4, -0.2) is 49.1 Å². The van der Waals surface area contributed by atoms with Gasteiger partial charge in [-0.1, -0.05) is 18.3 Å². The van der Waals surface area contributed by atoms with Crippen LogP contribution in [0.2, 0.25) is 0 Å². The molecule has 1 N–H and O–H groups in total. The monoisotopic (exact) mass is 287 g/mol. The quantitative estimate of drug-likeness (QED) is 0.901. The van der Waals surface area contributed by atoms with Crippen molar-refractivity contribution in [2.45, 2.75) is 25.8 Å². The molecule has 1 aromatic heterocycles. The number of thioether (sulfide) groups is 1. The molecule has 0 aliphatic carbocycles. The van der Waals surface area contributed by atoms with E-state index in [1.165, 1.54) is 16.7 Å². The molecule has 0 saturated carbocycles. The highest BCUT2D eigenvalue weighted by molar-refractivity contribution is 7.99. The SMILES string of the molecule is CC(C)c1nnsc1C(=O)N1CSC[C@H]1C(=O)O. The molecule has 1 saturated heterocycles. The maximum absolute atomic E-state index is 12.3. The van der Waals surface area contributed by atoms with E-state index in [0.717, 1.165) is 11.5 Å². The molecule has 0 aromatic carbocycles. The Morgan fingerprint density at radius 3 is 2.83 bits per heavy atom. The van der Waals surface area contributed by atoms with Crippen molar-refractivity contribution in [3.63, 3.8) is 0 Å². The van der Waals surface area contributed by atoms with Gasteiger partial charge in [0.25, 0.3) is 5.91 Å². The summed E-state index contributed by atoms with van der Waals surface area (Å²) >= 11 is 2.48. The molecule has 1 aromatic rings. The van der Waals surface area contributed by atoms with Gasteiger partial charge in [0, 0.05) is 5.75 Å². The van der Waals surface area contributed by atoms with Crippen LogP contribution >= 0.6 is 23.3 Å². The standard InChI is InChI=1S/C10H13N3O3S2/c1-5(2)7-8(18-12-11-7)9(14)13-4-17-3-6(13)10(15)16/h5-6H,3-4H2,1-2H3,(H,15,16)/t6-/m0/s1. The Labute approximate surface area is 113 Å². The average molecular weight is 287 g/mol. The summed E-state index contributed by atoms with van der Waals surface area (Å²) in [5.41, 5.74) is 0.644. The van der Waals surface area contributed by atoms with Crippen LogP contribution in [0.15, 0.2) is 0 Å². The topological polar surface area (TPSA) is 83.4 Å². The largest absolute Gasteiger partial charge is 0.480 e. The number of nitrogens with zero attached hydrogens (tertiary/aromatic N) is 3. The molecule has 0 spiro atoms. The lowest BCUT2D eigenvalue weighted by Gasteiger charge is -2.20. The van der Waals surface area contributed by atoms with Crippen molar-refractivity contribution in [3.8, 4) is 0 Å². The van der Waals surface area contributed by atoms with Gasteiger partial charge in [0.15, 0.2) is 0 Å². The molecule has 6 nitrogen and oxygen atoms in total. The molecule has 0 unspecified atom stereocenters. The number of carbonyl (C=O) groups excluding carboxylic acids is 1. The predicted molar refractivity (Wildman–Crippen MR) is 68.9 cm³/mol. The predicted octanol–water partition coefficient (Wildman–Crippen LogP) is 1.26. The molecular weight excluding hydrogens is 274 g/mol. The summed E-state index contributed by atoms with van der Waals surface area (Å²) in [5, 5.41) is 13.0. The van der Waals surface area contributed by atoms with E-state index in [2.05, 4.69) is 9.59 Å². The maximum atomic E-state index is 12.3. The summed E-state index contributed by atoms with van der Waals surface area (Å²) in [7, 11) is 0. The number of aromatic nitrogens is 2. The van der Waals surface area contributed by atoms with Crippen LogP contribution in [0.5, 0.6) is 0 Å². The fraction of sp³-hybridized carbons (Fsp3) is 0.600. The number of carbonyl (C=O) groups is 2. The van der Waals surface area contributed by atoms with Crippen molar-refractivity contribution >= 4 is 35.2 Å². The lowest BCUT2D eigenvalue weighted by molar-refractivity contribution is -0.140. The molecule has 2 rings (SSSR count). The van der Waals surface area contributed by atoms with Crippen LogP contribution in [0.25, 0.3) is 0 Å². The average Bonchev–Trinajstić information content (AvgIpc) is 2.97. The van der Waals surface area contributed by atoms with Crippen molar-refractivity contribution in [2.24, 2.45) is 0 Å². The molecule has 1 aliphatic heterocycles. The minimum Gasteiger partial charge on any atom is -0.480 e. The third kappa shape index (κ3) is 2.35.